The van der Waals surface area contributed by atoms with E-state index in [9.17, 15) is 0 Å². The van der Waals surface area contributed by atoms with E-state index in [1.165, 1.54) is 0 Å². The van der Waals surface area contributed by atoms with Crippen molar-refractivity contribution >= 4 is 0 Å². The SMILES string of the molecule is CNC(C)C(C)(C)CN(CCCO)C(C)C. The lowest BCUT2D eigenvalue weighted by molar-refractivity contribution is 0.111. The summed E-state index contributed by atoms with van der Waals surface area (Å²) in [5.41, 5.74) is 0.245. The van der Waals surface area contributed by atoms with Crippen LogP contribution in [0, 0.1) is 5.41 Å². The van der Waals surface area contributed by atoms with Crippen LogP contribution in [0.2, 0.25) is 0 Å². The zero-order valence-electron chi connectivity index (χ0n) is 11.9. The van der Waals surface area contributed by atoms with Gasteiger partial charge < -0.3 is 15.3 Å². The summed E-state index contributed by atoms with van der Waals surface area (Å²) in [6.07, 6.45) is 0.863. The van der Waals surface area contributed by atoms with Gasteiger partial charge in [-0.2, -0.15) is 0 Å². The first-order chi connectivity index (χ1) is 7.35. The van der Waals surface area contributed by atoms with Gasteiger partial charge in [-0.05, 0) is 39.7 Å². The molecule has 0 aromatic carbocycles. The van der Waals surface area contributed by atoms with Crippen LogP contribution in [-0.2, 0) is 0 Å². The minimum atomic E-state index is 0.245. The fourth-order valence-electron chi connectivity index (χ4n) is 1.84. The first-order valence-corrected chi connectivity index (χ1v) is 6.37. The van der Waals surface area contributed by atoms with Gasteiger partial charge in [0, 0.05) is 31.8 Å². The van der Waals surface area contributed by atoms with E-state index in [-0.39, 0.29) is 12.0 Å². The van der Waals surface area contributed by atoms with E-state index in [0.717, 1.165) is 19.5 Å². The van der Waals surface area contributed by atoms with E-state index >= 15 is 0 Å². The van der Waals surface area contributed by atoms with Crippen molar-refractivity contribution in [2.75, 3.05) is 26.7 Å². The van der Waals surface area contributed by atoms with Gasteiger partial charge in [0.05, 0.1) is 0 Å². The van der Waals surface area contributed by atoms with Crippen molar-refractivity contribution in [2.45, 2.75) is 53.1 Å². The van der Waals surface area contributed by atoms with Gasteiger partial charge in [0.15, 0.2) is 0 Å². The molecule has 0 aromatic heterocycles. The van der Waals surface area contributed by atoms with Crippen molar-refractivity contribution in [3.05, 3.63) is 0 Å². The number of hydrogen-bond acceptors (Lipinski definition) is 3. The van der Waals surface area contributed by atoms with Crippen LogP contribution in [0.25, 0.3) is 0 Å². The zero-order valence-corrected chi connectivity index (χ0v) is 11.9. The summed E-state index contributed by atoms with van der Waals surface area (Å²) in [4.78, 5) is 2.45. The molecule has 0 spiro atoms. The third kappa shape index (κ3) is 5.28. The Kier molecular flexibility index (Phi) is 7.20. The molecule has 0 saturated carbocycles. The summed E-state index contributed by atoms with van der Waals surface area (Å²) in [6, 6.07) is 1.03. The second-order valence-electron chi connectivity index (χ2n) is 5.64. The standard InChI is InChI=1S/C13H30N2O/c1-11(2)15(8-7-9-16)10-13(4,5)12(3)14-6/h11-12,14,16H,7-10H2,1-6H3. The average Bonchev–Trinajstić information content (AvgIpc) is 2.22. The van der Waals surface area contributed by atoms with E-state index < -0.39 is 0 Å². The van der Waals surface area contributed by atoms with Gasteiger partial charge in [-0.3, -0.25) is 0 Å². The molecule has 0 aliphatic rings. The van der Waals surface area contributed by atoms with Crippen molar-refractivity contribution in [3.63, 3.8) is 0 Å². The highest BCUT2D eigenvalue weighted by atomic mass is 16.3. The fourth-order valence-corrected chi connectivity index (χ4v) is 1.84. The molecule has 0 fully saturated rings. The normalized spacial score (nSPS) is 14.8. The van der Waals surface area contributed by atoms with Crippen molar-refractivity contribution in [2.24, 2.45) is 5.41 Å². The maximum atomic E-state index is 8.91. The van der Waals surface area contributed by atoms with E-state index in [0.29, 0.717) is 12.1 Å². The highest BCUT2D eigenvalue weighted by molar-refractivity contribution is 4.84. The Morgan fingerprint density at radius 2 is 1.81 bits per heavy atom. The summed E-state index contributed by atoms with van der Waals surface area (Å²) >= 11 is 0. The van der Waals surface area contributed by atoms with E-state index in [1.54, 1.807) is 0 Å². The van der Waals surface area contributed by atoms with Gasteiger partial charge in [0.25, 0.3) is 0 Å². The molecular formula is C13H30N2O. The zero-order chi connectivity index (χ0) is 12.8. The van der Waals surface area contributed by atoms with Crippen LogP contribution in [0.5, 0.6) is 0 Å². The number of aliphatic hydroxyl groups is 1. The largest absolute Gasteiger partial charge is 0.396 e. The first kappa shape index (κ1) is 15.9. The lowest BCUT2D eigenvalue weighted by Crippen LogP contribution is -2.47. The molecule has 0 rings (SSSR count). The van der Waals surface area contributed by atoms with E-state index in [4.69, 9.17) is 5.11 Å². The van der Waals surface area contributed by atoms with Crippen LogP contribution in [-0.4, -0.2) is 48.8 Å². The van der Waals surface area contributed by atoms with Crippen LogP contribution in [0.1, 0.15) is 41.0 Å². The molecule has 0 amide bonds. The van der Waals surface area contributed by atoms with Crippen LogP contribution < -0.4 is 5.32 Å². The van der Waals surface area contributed by atoms with Gasteiger partial charge in [-0.15, -0.1) is 0 Å². The van der Waals surface area contributed by atoms with Crippen molar-refractivity contribution in [1.82, 2.24) is 10.2 Å². The Bertz CT molecular complexity index is 181. The third-order valence-electron chi connectivity index (χ3n) is 3.55. The van der Waals surface area contributed by atoms with Crippen LogP contribution >= 0.6 is 0 Å². The quantitative estimate of drug-likeness (QED) is 0.666. The molecule has 0 radical (unpaired) electrons. The molecule has 1 unspecified atom stereocenters. The topological polar surface area (TPSA) is 35.5 Å². The number of hydrogen-bond donors (Lipinski definition) is 2. The summed E-state index contributed by atoms with van der Waals surface area (Å²) in [5.74, 6) is 0. The maximum absolute atomic E-state index is 8.91. The van der Waals surface area contributed by atoms with Gasteiger partial charge in [0.2, 0.25) is 0 Å². The maximum Gasteiger partial charge on any atom is 0.0443 e. The molecule has 2 N–H and O–H groups in total. The average molecular weight is 230 g/mol. The fraction of sp³-hybridized carbons (Fsp3) is 1.00. The highest BCUT2D eigenvalue weighted by Gasteiger charge is 2.28. The van der Waals surface area contributed by atoms with E-state index in [2.05, 4.69) is 44.8 Å². The molecule has 16 heavy (non-hydrogen) atoms. The van der Waals surface area contributed by atoms with Gasteiger partial charge in [-0.25, -0.2) is 0 Å². The number of rotatable bonds is 8. The van der Waals surface area contributed by atoms with Crippen molar-refractivity contribution < 1.29 is 5.11 Å². The summed E-state index contributed by atoms with van der Waals surface area (Å²) in [7, 11) is 2.01. The molecule has 0 heterocycles. The lowest BCUT2D eigenvalue weighted by Gasteiger charge is -2.39. The molecule has 98 valence electrons. The molecule has 1 atom stereocenters. The second-order valence-corrected chi connectivity index (χ2v) is 5.64. The Balaban J connectivity index is 4.36. The lowest BCUT2D eigenvalue weighted by atomic mass is 9.84. The number of aliphatic hydroxyl groups excluding tert-OH is 1. The molecule has 0 aliphatic carbocycles. The summed E-state index contributed by atoms with van der Waals surface area (Å²) in [6.45, 7) is 13.6. The monoisotopic (exact) mass is 230 g/mol. The van der Waals surface area contributed by atoms with E-state index in [1.807, 2.05) is 7.05 Å². The Morgan fingerprint density at radius 1 is 1.25 bits per heavy atom. The summed E-state index contributed by atoms with van der Waals surface area (Å²) < 4.78 is 0. The first-order valence-electron chi connectivity index (χ1n) is 6.37. The minimum absolute atomic E-state index is 0.245. The van der Waals surface area contributed by atoms with Crippen LogP contribution in [0.15, 0.2) is 0 Å². The predicted molar refractivity (Wildman–Crippen MR) is 70.7 cm³/mol. The molecule has 3 nitrogen and oxygen atoms in total. The molecule has 0 saturated heterocycles. The summed E-state index contributed by atoms with van der Waals surface area (Å²) in [5, 5.41) is 12.2. The predicted octanol–water partition coefficient (Wildman–Crippen LogP) is 1.71. The molecular weight excluding hydrogens is 200 g/mol. The number of nitrogens with zero attached hydrogens (tertiary/aromatic N) is 1. The molecule has 0 aliphatic heterocycles. The van der Waals surface area contributed by atoms with Gasteiger partial charge in [0.1, 0.15) is 0 Å². The van der Waals surface area contributed by atoms with Crippen molar-refractivity contribution in [3.8, 4) is 0 Å². The second kappa shape index (κ2) is 7.25. The van der Waals surface area contributed by atoms with Crippen LogP contribution in [0.3, 0.4) is 0 Å². The Morgan fingerprint density at radius 3 is 2.19 bits per heavy atom. The third-order valence-corrected chi connectivity index (χ3v) is 3.55. The molecule has 0 aromatic rings. The number of nitrogens with one attached hydrogen (secondary N) is 1. The minimum Gasteiger partial charge on any atom is -0.396 e. The molecule has 0 bridgehead atoms. The van der Waals surface area contributed by atoms with Gasteiger partial charge >= 0.3 is 0 Å². The smallest absolute Gasteiger partial charge is 0.0443 e. The van der Waals surface area contributed by atoms with Crippen molar-refractivity contribution in [1.29, 1.82) is 0 Å². The van der Waals surface area contributed by atoms with Crippen LogP contribution in [0.4, 0.5) is 0 Å². The Hall–Kier alpha value is -0.120. The highest BCUT2D eigenvalue weighted by Crippen LogP contribution is 2.23. The molecule has 3 heteroatoms. The Labute approximate surface area is 101 Å². The van der Waals surface area contributed by atoms with Gasteiger partial charge in [-0.1, -0.05) is 13.8 Å².